The van der Waals surface area contributed by atoms with Crippen molar-refractivity contribution in [1.82, 2.24) is 14.8 Å². The minimum Gasteiger partial charge on any atom is -0.281 e. The predicted octanol–water partition coefficient (Wildman–Crippen LogP) is 4.23. The Bertz CT molecular complexity index is 1040. The molecule has 0 atom stereocenters. The third-order valence-corrected chi connectivity index (χ3v) is 4.26. The number of fused-ring (bicyclic) bond motifs is 3. The fourth-order valence-corrected chi connectivity index (χ4v) is 3.08. The molecule has 23 heavy (non-hydrogen) atoms. The molecule has 0 unspecified atom stereocenters. The number of benzene rings is 2. The van der Waals surface area contributed by atoms with Gasteiger partial charge in [0.15, 0.2) is 5.82 Å². The molecule has 3 aromatic rings. The third-order valence-electron chi connectivity index (χ3n) is 3.69. The van der Waals surface area contributed by atoms with Gasteiger partial charge in [-0.3, -0.25) is 9.56 Å². The first-order chi connectivity index (χ1) is 12.4. The molecule has 6 heteroatoms. The quantitative estimate of drug-likeness (QED) is 0.662. The van der Waals surface area contributed by atoms with E-state index in [4.69, 9.17) is 27.3 Å². The maximum atomic E-state index is 7.76. The number of nitrogens with zero attached hydrogens (tertiary/aromatic N) is 4. The van der Waals surface area contributed by atoms with E-state index in [1.807, 2.05) is 18.2 Å². The maximum Gasteiger partial charge on any atom is 0.159 e. The lowest BCUT2D eigenvalue weighted by molar-refractivity contribution is 0.862. The van der Waals surface area contributed by atoms with Crippen molar-refractivity contribution in [3.05, 3.63) is 75.3 Å². The average Bonchev–Trinajstić information content (AvgIpc) is 2.95. The van der Waals surface area contributed by atoms with E-state index in [2.05, 4.69) is 15.2 Å². The Labute approximate surface area is 147 Å². The van der Waals surface area contributed by atoms with E-state index in [9.17, 15) is 0 Å². The summed E-state index contributed by atoms with van der Waals surface area (Å²) in [5.74, 6) is 0.341. The van der Waals surface area contributed by atoms with Gasteiger partial charge in [0.2, 0.25) is 0 Å². The molecule has 1 aliphatic rings. The number of aromatic nitrogens is 3. The van der Waals surface area contributed by atoms with Crippen molar-refractivity contribution in [1.29, 1.82) is 0 Å². The van der Waals surface area contributed by atoms with Gasteiger partial charge in [-0.05, 0) is 31.1 Å². The van der Waals surface area contributed by atoms with Crippen molar-refractivity contribution in [2.75, 3.05) is 0 Å². The van der Waals surface area contributed by atoms with Crippen molar-refractivity contribution >= 4 is 28.9 Å². The zero-order chi connectivity index (χ0) is 18.5. The van der Waals surface area contributed by atoms with Crippen LogP contribution < -0.4 is 0 Å². The molecule has 0 bridgehead atoms. The molecule has 0 radical (unpaired) electrons. The van der Waals surface area contributed by atoms with Crippen LogP contribution in [0.5, 0.6) is 0 Å². The second kappa shape index (κ2) is 5.48. The van der Waals surface area contributed by atoms with Crippen molar-refractivity contribution in [2.24, 2.45) is 4.99 Å². The summed E-state index contributed by atoms with van der Waals surface area (Å²) in [4.78, 5) is 4.64. The van der Waals surface area contributed by atoms with Crippen molar-refractivity contribution in [2.45, 2.75) is 13.4 Å². The first kappa shape index (κ1) is 11.4. The number of rotatable bonds is 1. The van der Waals surface area contributed by atoms with Gasteiger partial charge in [-0.1, -0.05) is 41.4 Å². The van der Waals surface area contributed by atoms with Crippen LogP contribution in [0.25, 0.3) is 5.69 Å². The first-order valence-corrected chi connectivity index (χ1v) is 7.66. The van der Waals surface area contributed by atoms with Gasteiger partial charge in [0, 0.05) is 25.3 Å². The van der Waals surface area contributed by atoms with E-state index >= 15 is 0 Å². The number of aliphatic imine (C=N–C) groups is 1. The minimum atomic E-state index is -2.41. The van der Waals surface area contributed by atoms with Gasteiger partial charge in [0.25, 0.3) is 0 Å². The molecule has 0 N–H and O–H groups in total. The van der Waals surface area contributed by atoms with E-state index in [1.165, 1.54) is 4.57 Å². The maximum absolute atomic E-state index is 7.76. The highest BCUT2D eigenvalue weighted by Gasteiger charge is 2.22. The van der Waals surface area contributed by atoms with E-state index < -0.39 is 6.85 Å². The van der Waals surface area contributed by atoms with Crippen LogP contribution in [0.4, 0.5) is 0 Å². The number of hydrogen-bond donors (Lipinski definition) is 0. The molecule has 4 rings (SSSR count). The van der Waals surface area contributed by atoms with Crippen LogP contribution in [-0.4, -0.2) is 20.5 Å². The Kier molecular flexibility index (Phi) is 2.71. The molecule has 0 fully saturated rings. The van der Waals surface area contributed by atoms with Crippen LogP contribution in [0.3, 0.4) is 0 Å². The Hall–Kier alpha value is -2.17. The van der Waals surface area contributed by atoms with Gasteiger partial charge in [-0.2, -0.15) is 0 Å². The predicted molar refractivity (Wildman–Crippen MR) is 91.9 cm³/mol. The monoisotopic (exact) mass is 345 g/mol. The van der Waals surface area contributed by atoms with E-state index in [0.717, 1.165) is 5.56 Å². The fourth-order valence-electron chi connectivity index (χ4n) is 2.68. The molecule has 2 aromatic carbocycles. The molecule has 0 aliphatic carbocycles. The van der Waals surface area contributed by atoms with Gasteiger partial charge in [-0.25, -0.2) is 0 Å². The van der Waals surface area contributed by atoms with Crippen molar-refractivity contribution in [3.63, 3.8) is 0 Å². The molecular formula is C17H12Cl2N4. The molecular weight excluding hydrogens is 331 g/mol. The summed E-state index contributed by atoms with van der Waals surface area (Å²) in [5, 5.41) is 8.96. The minimum absolute atomic E-state index is 0.105. The summed E-state index contributed by atoms with van der Waals surface area (Å²) in [6.07, 6.45) is 0. The highest BCUT2D eigenvalue weighted by Crippen LogP contribution is 2.30. The molecule has 0 spiro atoms. The highest BCUT2D eigenvalue weighted by molar-refractivity contribution is 6.36. The molecule has 4 nitrogen and oxygen atoms in total. The van der Waals surface area contributed by atoms with Crippen LogP contribution in [-0.2, 0) is 6.54 Å². The summed E-state index contributed by atoms with van der Waals surface area (Å²) >= 11 is 12.6. The average molecular weight is 346 g/mol. The lowest BCUT2D eigenvalue weighted by atomic mass is 10.0. The Balaban J connectivity index is 2.02. The summed E-state index contributed by atoms with van der Waals surface area (Å²) in [6, 6.07) is 12.5. The van der Waals surface area contributed by atoms with Crippen LogP contribution in [0.1, 0.15) is 26.9 Å². The highest BCUT2D eigenvalue weighted by atomic mass is 35.5. The molecule has 0 saturated carbocycles. The lowest BCUT2D eigenvalue weighted by Crippen LogP contribution is -2.08. The summed E-state index contributed by atoms with van der Waals surface area (Å²) in [5.41, 5.74) is 2.66. The number of halogens is 2. The molecule has 0 saturated heterocycles. The molecule has 1 aromatic heterocycles. The summed E-state index contributed by atoms with van der Waals surface area (Å²) in [6.45, 7) is -2.23. The zero-order valence-electron chi connectivity index (χ0n) is 14.8. The van der Waals surface area contributed by atoms with E-state index in [0.29, 0.717) is 32.8 Å². The Morgan fingerprint density at radius 2 is 1.96 bits per heavy atom. The molecule has 1 aliphatic heterocycles. The van der Waals surface area contributed by atoms with E-state index in [-0.39, 0.29) is 12.4 Å². The van der Waals surface area contributed by atoms with Crippen LogP contribution >= 0.6 is 23.2 Å². The van der Waals surface area contributed by atoms with Crippen LogP contribution in [0, 0.1) is 6.85 Å². The van der Waals surface area contributed by atoms with Gasteiger partial charge in [0.05, 0.1) is 11.4 Å². The summed E-state index contributed by atoms with van der Waals surface area (Å²) in [7, 11) is 0. The normalized spacial score (nSPS) is 15.6. The largest absolute Gasteiger partial charge is 0.281 e. The third kappa shape index (κ3) is 2.35. The van der Waals surface area contributed by atoms with E-state index in [1.54, 1.807) is 24.3 Å². The topological polar surface area (TPSA) is 43.1 Å². The van der Waals surface area contributed by atoms with Gasteiger partial charge in [-0.15, -0.1) is 10.2 Å². The van der Waals surface area contributed by atoms with Gasteiger partial charge < -0.3 is 0 Å². The lowest BCUT2D eigenvalue weighted by Gasteiger charge is -2.13. The van der Waals surface area contributed by atoms with Gasteiger partial charge >= 0.3 is 0 Å². The standard InChI is InChI=1S/C17H12Cl2N4/c1-10-21-22-16-9-20-17(12-4-2-3-5-14(12)19)13-8-11(18)6-7-15(13)23(10)16/h2-8H,9H2,1H3/i1D3. The van der Waals surface area contributed by atoms with Crippen molar-refractivity contribution in [3.8, 4) is 5.69 Å². The number of hydrogen-bond acceptors (Lipinski definition) is 3. The summed E-state index contributed by atoms with van der Waals surface area (Å²) < 4.78 is 24.8. The first-order valence-electron chi connectivity index (χ1n) is 8.40. The SMILES string of the molecule is [2H]C([2H])([2H])c1nnc2n1-c1ccc(Cl)cc1C(c1ccccc1Cl)=NC2. The van der Waals surface area contributed by atoms with Crippen molar-refractivity contribution < 1.29 is 4.11 Å². The Morgan fingerprint density at radius 3 is 2.78 bits per heavy atom. The molecule has 0 amide bonds. The smallest absolute Gasteiger partial charge is 0.159 e. The molecule has 114 valence electrons. The zero-order valence-corrected chi connectivity index (χ0v) is 13.3. The number of aryl methyl sites for hydroxylation is 1. The van der Waals surface area contributed by atoms with Crippen LogP contribution in [0.2, 0.25) is 10.0 Å². The molecule has 2 heterocycles. The fraction of sp³-hybridized carbons (Fsp3) is 0.118. The second-order valence-electron chi connectivity index (χ2n) is 5.08. The van der Waals surface area contributed by atoms with Gasteiger partial charge in [0.1, 0.15) is 12.4 Å². The second-order valence-corrected chi connectivity index (χ2v) is 5.93. The Morgan fingerprint density at radius 1 is 1.09 bits per heavy atom. The van der Waals surface area contributed by atoms with Crippen LogP contribution in [0.15, 0.2) is 47.5 Å².